The summed E-state index contributed by atoms with van der Waals surface area (Å²) in [6, 6.07) is 18.9. The van der Waals surface area contributed by atoms with Gasteiger partial charge in [-0.1, -0.05) is 41.4 Å². The Hall–Kier alpha value is -2.63. The highest BCUT2D eigenvalue weighted by Crippen LogP contribution is 2.34. The quantitative estimate of drug-likeness (QED) is 0.429. The van der Waals surface area contributed by atoms with Crippen LogP contribution in [0.3, 0.4) is 0 Å². The molecule has 2 aromatic heterocycles. The molecule has 1 aliphatic rings. The van der Waals surface area contributed by atoms with Gasteiger partial charge in [0.05, 0.1) is 15.4 Å². The zero-order valence-electron chi connectivity index (χ0n) is 16.2. The van der Waals surface area contributed by atoms with E-state index in [0.717, 1.165) is 47.8 Å². The molecule has 1 aliphatic heterocycles. The summed E-state index contributed by atoms with van der Waals surface area (Å²) in [6.07, 6.45) is 0. The van der Waals surface area contributed by atoms with Gasteiger partial charge in [-0.05, 0) is 42.6 Å². The Kier molecular flexibility index (Phi) is 4.86. The van der Waals surface area contributed by atoms with E-state index in [0.29, 0.717) is 10.8 Å². The summed E-state index contributed by atoms with van der Waals surface area (Å²) in [5.74, 6) is 1.71. The maximum atomic E-state index is 6.37. The number of hydrogen-bond acceptors (Lipinski definition) is 5. The highest BCUT2D eigenvalue weighted by Gasteiger charge is 2.22. The number of benzene rings is 2. The largest absolute Gasteiger partial charge is 0.368 e. The first kappa shape index (κ1) is 18.4. The van der Waals surface area contributed by atoms with Crippen molar-refractivity contribution in [1.82, 2.24) is 9.97 Å². The Bertz CT molecular complexity index is 1150. The highest BCUT2D eigenvalue weighted by molar-refractivity contribution is 7.14. The van der Waals surface area contributed by atoms with Crippen LogP contribution in [0.25, 0.3) is 21.6 Å². The molecule has 4 nitrogen and oxygen atoms in total. The number of aryl methyl sites for hydroxylation is 1. The molecule has 146 valence electrons. The monoisotopic (exact) mass is 420 g/mol. The van der Waals surface area contributed by atoms with Crippen molar-refractivity contribution in [3.63, 3.8) is 0 Å². The summed E-state index contributed by atoms with van der Waals surface area (Å²) in [7, 11) is 0. The average Bonchev–Trinajstić information content (AvgIpc) is 3.19. The minimum absolute atomic E-state index is 0.708. The number of thiophene rings is 1. The Balaban J connectivity index is 1.47. The van der Waals surface area contributed by atoms with E-state index in [1.54, 1.807) is 11.3 Å². The van der Waals surface area contributed by atoms with Gasteiger partial charge in [-0.2, -0.15) is 0 Å². The first-order chi connectivity index (χ1) is 14.2. The smallest absolute Gasteiger partial charge is 0.173 e. The fourth-order valence-corrected chi connectivity index (χ4v) is 4.86. The fourth-order valence-electron chi connectivity index (χ4n) is 3.79. The first-order valence-electron chi connectivity index (χ1n) is 9.76. The molecule has 0 atom stereocenters. The summed E-state index contributed by atoms with van der Waals surface area (Å²) in [4.78, 5) is 15.5. The van der Waals surface area contributed by atoms with Gasteiger partial charge in [-0.3, -0.25) is 0 Å². The van der Waals surface area contributed by atoms with E-state index in [2.05, 4.69) is 53.1 Å². The second kappa shape index (κ2) is 7.65. The third-order valence-electron chi connectivity index (χ3n) is 5.38. The summed E-state index contributed by atoms with van der Waals surface area (Å²) >= 11 is 7.95. The number of anilines is 2. The second-order valence-corrected chi connectivity index (χ2v) is 8.62. The molecule has 3 heterocycles. The molecule has 0 amide bonds. The number of rotatable bonds is 3. The third kappa shape index (κ3) is 3.56. The van der Waals surface area contributed by atoms with Crippen LogP contribution in [-0.4, -0.2) is 36.1 Å². The summed E-state index contributed by atoms with van der Waals surface area (Å²) in [6.45, 7) is 5.91. The van der Waals surface area contributed by atoms with Crippen molar-refractivity contribution in [2.24, 2.45) is 0 Å². The van der Waals surface area contributed by atoms with Crippen molar-refractivity contribution in [3.8, 4) is 10.7 Å². The van der Waals surface area contributed by atoms with Crippen LogP contribution in [0.2, 0.25) is 5.02 Å². The van der Waals surface area contributed by atoms with Crippen molar-refractivity contribution in [3.05, 3.63) is 70.6 Å². The van der Waals surface area contributed by atoms with E-state index in [1.807, 2.05) is 23.6 Å². The van der Waals surface area contributed by atoms with E-state index < -0.39 is 0 Å². The summed E-state index contributed by atoms with van der Waals surface area (Å²) < 4.78 is 0. The zero-order valence-corrected chi connectivity index (χ0v) is 17.7. The molecule has 29 heavy (non-hydrogen) atoms. The van der Waals surface area contributed by atoms with Gasteiger partial charge < -0.3 is 9.80 Å². The lowest BCUT2D eigenvalue weighted by molar-refractivity contribution is 0.649. The number of nitrogens with zero attached hydrogens (tertiary/aromatic N) is 4. The Morgan fingerprint density at radius 1 is 0.862 bits per heavy atom. The molecule has 0 unspecified atom stereocenters. The summed E-state index contributed by atoms with van der Waals surface area (Å²) in [5, 5.41) is 3.78. The van der Waals surface area contributed by atoms with E-state index in [1.165, 1.54) is 11.3 Å². The Labute approximate surface area is 179 Å². The van der Waals surface area contributed by atoms with Crippen LogP contribution < -0.4 is 9.80 Å². The molecule has 5 rings (SSSR count). The van der Waals surface area contributed by atoms with Crippen molar-refractivity contribution in [1.29, 1.82) is 0 Å². The minimum atomic E-state index is 0.708. The molecule has 1 saturated heterocycles. The lowest BCUT2D eigenvalue weighted by Crippen LogP contribution is -2.47. The van der Waals surface area contributed by atoms with Crippen LogP contribution in [0, 0.1) is 6.92 Å². The van der Waals surface area contributed by atoms with E-state index in [4.69, 9.17) is 21.6 Å². The van der Waals surface area contributed by atoms with E-state index in [-0.39, 0.29) is 0 Å². The highest BCUT2D eigenvalue weighted by atomic mass is 35.5. The molecule has 0 N–H and O–H groups in total. The van der Waals surface area contributed by atoms with Gasteiger partial charge in [0.25, 0.3) is 0 Å². The van der Waals surface area contributed by atoms with Crippen molar-refractivity contribution in [2.75, 3.05) is 36.0 Å². The standard InChI is InChI=1S/C23H21ClN4S/c1-16-6-8-17(9-7-16)27-11-13-28(14-12-27)23-18-4-2-3-5-20(18)25-22(26-23)21-19(24)10-15-29-21/h2-10,15H,11-14H2,1H3. The van der Waals surface area contributed by atoms with Gasteiger partial charge in [0.2, 0.25) is 0 Å². The number of aromatic nitrogens is 2. The van der Waals surface area contributed by atoms with Crippen molar-refractivity contribution >= 4 is 45.3 Å². The lowest BCUT2D eigenvalue weighted by Gasteiger charge is -2.37. The molecule has 2 aromatic carbocycles. The summed E-state index contributed by atoms with van der Waals surface area (Å²) in [5.41, 5.74) is 3.53. The van der Waals surface area contributed by atoms with Gasteiger partial charge in [-0.15, -0.1) is 11.3 Å². The molecular weight excluding hydrogens is 400 g/mol. The molecule has 0 bridgehead atoms. The molecule has 6 heteroatoms. The van der Waals surface area contributed by atoms with Crippen LogP contribution in [0.1, 0.15) is 5.56 Å². The number of para-hydroxylation sites is 1. The van der Waals surface area contributed by atoms with Gasteiger partial charge in [0, 0.05) is 37.3 Å². The van der Waals surface area contributed by atoms with Crippen LogP contribution in [-0.2, 0) is 0 Å². The number of fused-ring (bicyclic) bond motifs is 1. The van der Waals surface area contributed by atoms with Crippen LogP contribution in [0.15, 0.2) is 60.0 Å². The lowest BCUT2D eigenvalue weighted by atomic mass is 10.1. The van der Waals surface area contributed by atoms with E-state index >= 15 is 0 Å². The number of halogens is 1. The normalized spacial score (nSPS) is 14.6. The number of piperazine rings is 1. The molecule has 0 aliphatic carbocycles. The predicted octanol–water partition coefficient (Wildman–Crippen LogP) is 5.65. The van der Waals surface area contributed by atoms with Gasteiger partial charge in [0.15, 0.2) is 5.82 Å². The molecule has 1 fully saturated rings. The molecule has 0 radical (unpaired) electrons. The van der Waals surface area contributed by atoms with Crippen molar-refractivity contribution in [2.45, 2.75) is 6.92 Å². The fraction of sp³-hybridized carbons (Fsp3) is 0.217. The first-order valence-corrected chi connectivity index (χ1v) is 11.0. The minimum Gasteiger partial charge on any atom is -0.368 e. The van der Waals surface area contributed by atoms with Gasteiger partial charge in [0.1, 0.15) is 5.82 Å². The zero-order chi connectivity index (χ0) is 19.8. The van der Waals surface area contributed by atoms with Gasteiger partial charge in [-0.25, -0.2) is 9.97 Å². The molecular formula is C23H21ClN4S. The van der Waals surface area contributed by atoms with Crippen molar-refractivity contribution < 1.29 is 0 Å². The number of hydrogen-bond donors (Lipinski definition) is 0. The topological polar surface area (TPSA) is 32.3 Å². The SMILES string of the molecule is Cc1ccc(N2CCN(c3nc(-c4sccc4Cl)nc4ccccc34)CC2)cc1. The second-order valence-electron chi connectivity index (χ2n) is 7.30. The van der Waals surface area contributed by atoms with E-state index in [9.17, 15) is 0 Å². The van der Waals surface area contributed by atoms with Crippen LogP contribution in [0.4, 0.5) is 11.5 Å². The average molecular weight is 421 g/mol. The Morgan fingerprint density at radius 2 is 1.59 bits per heavy atom. The maximum Gasteiger partial charge on any atom is 0.173 e. The third-order valence-corrected chi connectivity index (χ3v) is 6.72. The predicted molar refractivity (Wildman–Crippen MR) is 123 cm³/mol. The Morgan fingerprint density at radius 3 is 2.31 bits per heavy atom. The molecule has 0 saturated carbocycles. The van der Waals surface area contributed by atoms with Crippen LogP contribution >= 0.6 is 22.9 Å². The van der Waals surface area contributed by atoms with Crippen LogP contribution in [0.5, 0.6) is 0 Å². The maximum absolute atomic E-state index is 6.37. The molecule has 4 aromatic rings. The van der Waals surface area contributed by atoms with Gasteiger partial charge >= 0.3 is 0 Å². The molecule has 0 spiro atoms.